The topological polar surface area (TPSA) is 53.4 Å². The zero-order valence-corrected chi connectivity index (χ0v) is 15.8. The molecule has 4 nitrogen and oxygen atoms in total. The molecule has 0 bridgehead atoms. The van der Waals surface area contributed by atoms with Crippen LogP contribution in [0.2, 0.25) is 0 Å². The normalized spacial score (nSPS) is 16.9. The van der Waals surface area contributed by atoms with Crippen molar-refractivity contribution < 1.29 is 9.90 Å². The van der Waals surface area contributed by atoms with Gasteiger partial charge < -0.3 is 5.11 Å². The van der Waals surface area contributed by atoms with Crippen molar-refractivity contribution in [2.45, 2.75) is 19.4 Å². The Morgan fingerprint density at radius 1 is 1.04 bits per heavy atom. The number of aromatic nitrogens is 1. The van der Waals surface area contributed by atoms with Crippen molar-refractivity contribution in [1.82, 2.24) is 9.88 Å². The lowest BCUT2D eigenvalue weighted by molar-refractivity contribution is 0.0697. The van der Waals surface area contributed by atoms with E-state index >= 15 is 0 Å². The maximum absolute atomic E-state index is 11.4. The Balaban J connectivity index is 1.38. The molecular weight excluding hydrogens is 348 g/mol. The van der Waals surface area contributed by atoms with Crippen LogP contribution >= 0.6 is 0 Å². The predicted octanol–water partition coefficient (Wildman–Crippen LogP) is 4.51. The molecule has 1 atom stereocenters. The highest BCUT2D eigenvalue weighted by Gasteiger charge is 2.22. The van der Waals surface area contributed by atoms with Crippen LogP contribution in [0.25, 0.3) is 11.1 Å². The smallest absolute Gasteiger partial charge is 0.336 e. The molecule has 1 aliphatic heterocycles. The molecule has 1 aromatic heterocycles. The number of carbonyl (C=O) groups is 1. The lowest BCUT2D eigenvalue weighted by atomic mass is 9.98. The quantitative estimate of drug-likeness (QED) is 0.692. The van der Waals surface area contributed by atoms with E-state index in [2.05, 4.69) is 28.1 Å². The molecule has 1 aliphatic rings. The van der Waals surface area contributed by atoms with E-state index in [0.717, 1.165) is 37.2 Å². The van der Waals surface area contributed by atoms with E-state index in [1.54, 1.807) is 12.1 Å². The third-order valence-electron chi connectivity index (χ3n) is 5.45. The van der Waals surface area contributed by atoms with E-state index < -0.39 is 5.97 Å². The zero-order valence-electron chi connectivity index (χ0n) is 15.8. The predicted molar refractivity (Wildman–Crippen MR) is 110 cm³/mol. The molecule has 1 N–H and O–H groups in total. The Labute approximate surface area is 165 Å². The molecule has 0 aliphatic carbocycles. The molecule has 28 heavy (non-hydrogen) atoms. The molecule has 0 saturated carbocycles. The second-order valence-corrected chi connectivity index (χ2v) is 7.50. The van der Waals surface area contributed by atoms with Gasteiger partial charge in [0.05, 0.1) is 5.56 Å². The number of hydrogen-bond donors (Lipinski definition) is 1. The summed E-state index contributed by atoms with van der Waals surface area (Å²) in [5.41, 5.74) is 4.62. The van der Waals surface area contributed by atoms with Gasteiger partial charge in [-0.15, -0.1) is 0 Å². The second-order valence-electron chi connectivity index (χ2n) is 7.50. The van der Waals surface area contributed by atoms with E-state index in [4.69, 9.17) is 0 Å². The molecule has 142 valence electrons. The second kappa shape index (κ2) is 8.36. The summed E-state index contributed by atoms with van der Waals surface area (Å²) in [5.74, 6) is -0.206. The highest BCUT2D eigenvalue weighted by Crippen LogP contribution is 2.26. The summed E-state index contributed by atoms with van der Waals surface area (Å²) >= 11 is 0. The average Bonchev–Trinajstić information content (AvgIpc) is 3.16. The molecule has 0 amide bonds. The van der Waals surface area contributed by atoms with Crippen LogP contribution in [0.15, 0.2) is 73.1 Å². The first-order valence-electron chi connectivity index (χ1n) is 9.72. The van der Waals surface area contributed by atoms with E-state index in [0.29, 0.717) is 11.5 Å². The van der Waals surface area contributed by atoms with Crippen molar-refractivity contribution in [2.24, 2.45) is 5.92 Å². The van der Waals surface area contributed by atoms with Gasteiger partial charge in [0.25, 0.3) is 0 Å². The van der Waals surface area contributed by atoms with Crippen LogP contribution in [-0.4, -0.2) is 34.0 Å². The average molecular weight is 372 g/mol. The number of nitrogens with zero attached hydrogens (tertiary/aromatic N) is 2. The first kappa shape index (κ1) is 18.4. The van der Waals surface area contributed by atoms with Gasteiger partial charge in [0.1, 0.15) is 0 Å². The van der Waals surface area contributed by atoms with E-state index in [1.165, 1.54) is 17.5 Å². The number of likely N-dealkylation sites (tertiary alicyclic amines) is 1. The maximum atomic E-state index is 11.4. The summed E-state index contributed by atoms with van der Waals surface area (Å²) in [4.78, 5) is 18.2. The summed E-state index contributed by atoms with van der Waals surface area (Å²) < 4.78 is 0. The number of rotatable bonds is 6. The van der Waals surface area contributed by atoms with E-state index in [9.17, 15) is 9.90 Å². The van der Waals surface area contributed by atoms with Gasteiger partial charge in [-0.3, -0.25) is 9.88 Å². The van der Waals surface area contributed by atoms with Gasteiger partial charge in [-0.1, -0.05) is 48.5 Å². The molecule has 4 heteroatoms. The highest BCUT2D eigenvalue weighted by atomic mass is 16.4. The summed E-state index contributed by atoms with van der Waals surface area (Å²) in [6.07, 6.45) is 6.10. The molecule has 1 unspecified atom stereocenters. The van der Waals surface area contributed by atoms with Crippen LogP contribution in [0.3, 0.4) is 0 Å². The van der Waals surface area contributed by atoms with Gasteiger partial charge in [-0.05, 0) is 59.7 Å². The number of aromatic carboxylic acids is 1. The van der Waals surface area contributed by atoms with Gasteiger partial charge in [0, 0.05) is 25.5 Å². The lowest BCUT2D eigenvalue weighted by Crippen LogP contribution is -2.20. The first-order chi connectivity index (χ1) is 13.7. The van der Waals surface area contributed by atoms with Gasteiger partial charge in [-0.25, -0.2) is 4.79 Å². The number of carboxylic acid groups (broad SMARTS) is 1. The molecule has 4 rings (SSSR count). The van der Waals surface area contributed by atoms with Gasteiger partial charge in [-0.2, -0.15) is 0 Å². The lowest BCUT2D eigenvalue weighted by Gasteiger charge is -2.16. The molecule has 0 spiro atoms. The first-order valence-corrected chi connectivity index (χ1v) is 9.72. The van der Waals surface area contributed by atoms with Crippen LogP contribution in [0.4, 0.5) is 0 Å². The third-order valence-corrected chi connectivity index (χ3v) is 5.45. The van der Waals surface area contributed by atoms with Gasteiger partial charge in [0.2, 0.25) is 0 Å². The Bertz CT molecular complexity index is 938. The molecule has 0 radical (unpaired) electrons. The fraction of sp³-hybridized carbons (Fsp3) is 0.250. The minimum atomic E-state index is -0.892. The van der Waals surface area contributed by atoms with Crippen molar-refractivity contribution in [3.05, 3.63) is 89.7 Å². The van der Waals surface area contributed by atoms with Crippen LogP contribution in [-0.2, 0) is 13.0 Å². The van der Waals surface area contributed by atoms with E-state index in [1.807, 2.05) is 42.7 Å². The summed E-state index contributed by atoms with van der Waals surface area (Å²) in [6, 6.07) is 19.6. The molecule has 2 heterocycles. The fourth-order valence-corrected chi connectivity index (χ4v) is 4.04. The molecular formula is C24H24N2O2. The van der Waals surface area contributed by atoms with Crippen molar-refractivity contribution in [1.29, 1.82) is 0 Å². The van der Waals surface area contributed by atoms with Crippen LogP contribution in [0.5, 0.6) is 0 Å². The minimum Gasteiger partial charge on any atom is -0.478 e. The minimum absolute atomic E-state index is 0.341. The van der Waals surface area contributed by atoms with Gasteiger partial charge in [0.15, 0.2) is 0 Å². The van der Waals surface area contributed by atoms with Crippen LogP contribution < -0.4 is 0 Å². The number of benzene rings is 2. The van der Waals surface area contributed by atoms with Crippen LogP contribution in [0.1, 0.15) is 27.9 Å². The summed E-state index contributed by atoms with van der Waals surface area (Å²) in [6.45, 7) is 3.16. The molecule has 3 aromatic rings. The monoisotopic (exact) mass is 372 g/mol. The third kappa shape index (κ3) is 4.29. The largest absolute Gasteiger partial charge is 0.478 e. The Morgan fingerprint density at radius 3 is 2.61 bits per heavy atom. The van der Waals surface area contributed by atoms with Crippen molar-refractivity contribution in [3.8, 4) is 11.1 Å². The molecule has 1 saturated heterocycles. The standard InChI is InChI=1S/C24H24N2O2/c27-24(28)23-6-2-1-5-22(23)21-9-7-18(8-10-21)16-26-13-11-20(17-26)14-19-4-3-12-25-15-19/h1-10,12,15,20H,11,13-14,16-17H2,(H,27,28). The van der Waals surface area contributed by atoms with Crippen LogP contribution in [0, 0.1) is 5.92 Å². The Morgan fingerprint density at radius 2 is 1.86 bits per heavy atom. The number of carboxylic acids is 1. The maximum Gasteiger partial charge on any atom is 0.336 e. The fourth-order valence-electron chi connectivity index (χ4n) is 4.04. The van der Waals surface area contributed by atoms with Crippen molar-refractivity contribution in [3.63, 3.8) is 0 Å². The SMILES string of the molecule is O=C(O)c1ccccc1-c1ccc(CN2CCC(Cc3cccnc3)C2)cc1. The molecule has 2 aromatic carbocycles. The Kier molecular flexibility index (Phi) is 5.49. The highest BCUT2D eigenvalue weighted by molar-refractivity contribution is 5.95. The van der Waals surface area contributed by atoms with Crippen molar-refractivity contribution in [2.75, 3.05) is 13.1 Å². The van der Waals surface area contributed by atoms with E-state index in [-0.39, 0.29) is 0 Å². The zero-order chi connectivity index (χ0) is 19.3. The summed E-state index contributed by atoms with van der Waals surface area (Å²) in [5, 5.41) is 9.39. The summed E-state index contributed by atoms with van der Waals surface area (Å²) in [7, 11) is 0. The number of hydrogen-bond acceptors (Lipinski definition) is 3. The van der Waals surface area contributed by atoms with Crippen molar-refractivity contribution >= 4 is 5.97 Å². The van der Waals surface area contributed by atoms with Gasteiger partial charge >= 0.3 is 5.97 Å². The Hall–Kier alpha value is -2.98. The number of pyridine rings is 1. The molecule has 1 fully saturated rings.